The Balaban J connectivity index is 2.04. The Morgan fingerprint density at radius 1 is 1.44 bits per heavy atom. The summed E-state index contributed by atoms with van der Waals surface area (Å²) in [7, 11) is 0. The molecule has 0 amide bonds. The van der Waals surface area contributed by atoms with E-state index >= 15 is 0 Å². The van der Waals surface area contributed by atoms with E-state index in [2.05, 4.69) is 52.3 Å². The molecule has 0 atom stereocenters. The fourth-order valence-corrected chi connectivity index (χ4v) is 2.25. The highest BCUT2D eigenvalue weighted by Crippen LogP contribution is 2.23. The Kier molecular flexibility index (Phi) is 3.55. The van der Waals surface area contributed by atoms with E-state index < -0.39 is 0 Å². The number of nitrogens with one attached hydrogen (secondary N) is 1. The molecule has 2 rings (SSSR count). The first-order valence-electron chi connectivity index (χ1n) is 4.49. The van der Waals surface area contributed by atoms with E-state index in [4.69, 9.17) is 4.52 Å². The molecule has 0 aliphatic heterocycles. The number of aryl methyl sites for hydroxylation is 1. The largest absolute Gasteiger partial charge is 0.362 e. The monoisotopic (exact) mass is 346 g/mol. The fraction of sp³-hybridized carbons (Fsp3) is 0.222. The van der Waals surface area contributed by atoms with Gasteiger partial charge in [0.05, 0.1) is 11.0 Å². The smallest absolute Gasteiger partial charge is 0.223 e. The van der Waals surface area contributed by atoms with Crippen LogP contribution in [-0.2, 0) is 6.54 Å². The van der Waals surface area contributed by atoms with Crippen molar-refractivity contribution in [1.29, 1.82) is 0 Å². The van der Waals surface area contributed by atoms with E-state index in [1.165, 1.54) is 0 Å². The molecule has 0 bridgehead atoms. The third-order valence-electron chi connectivity index (χ3n) is 1.79. The molecule has 16 heavy (non-hydrogen) atoms. The van der Waals surface area contributed by atoms with Crippen LogP contribution in [0.25, 0.3) is 0 Å². The van der Waals surface area contributed by atoms with Crippen LogP contribution in [0.3, 0.4) is 0 Å². The summed E-state index contributed by atoms with van der Waals surface area (Å²) in [5.41, 5.74) is 0. The van der Waals surface area contributed by atoms with Gasteiger partial charge in [0, 0.05) is 17.6 Å². The number of hydrogen-bond acceptors (Lipinski definition) is 5. The lowest BCUT2D eigenvalue weighted by molar-refractivity contribution is 0.388. The van der Waals surface area contributed by atoms with Crippen molar-refractivity contribution in [1.82, 2.24) is 15.1 Å². The zero-order chi connectivity index (χ0) is 11.5. The lowest BCUT2D eigenvalue weighted by atomic mass is 10.4. The third-order valence-corrected chi connectivity index (χ3v) is 2.83. The van der Waals surface area contributed by atoms with Crippen molar-refractivity contribution in [3.05, 3.63) is 32.9 Å². The number of aromatic nitrogens is 3. The van der Waals surface area contributed by atoms with Crippen LogP contribution in [0.1, 0.15) is 11.7 Å². The molecule has 0 aliphatic carbocycles. The van der Waals surface area contributed by atoms with Crippen molar-refractivity contribution in [3.8, 4) is 0 Å². The van der Waals surface area contributed by atoms with Crippen LogP contribution in [0, 0.1) is 6.92 Å². The summed E-state index contributed by atoms with van der Waals surface area (Å²) in [5, 5.41) is 6.88. The van der Waals surface area contributed by atoms with E-state index in [9.17, 15) is 0 Å². The molecule has 2 aromatic rings. The zero-order valence-electron chi connectivity index (χ0n) is 8.37. The Morgan fingerprint density at radius 2 is 2.25 bits per heavy atom. The van der Waals surface area contributed by atoms with Crippen LogP contribution >= 0.6 is 31.9 Å². The van der Waals surface area contributed by atoms with Gasteiger partial charge in [-0.25, -0.2) is 4.98 Å². The summed E-state index contributed by atoms with van der Waals surface area (Å²) < 4.78 is 6.66. The fourth-order valence-electron chi connectivity index (χ4n) is 1.12. The molecule has 2 heterocycles. The number of pyridine rings is 1. The van der Waals surface area contributed by atoms with Crippen LogP contribution in [0.5, 0.6) is 0 Å². The van der Waals surface area contributed by atoms with Crippen molar-refractivity contribution in [2.75, 3.05) is 5.32 Å². The van der Waals surface area contributed by atoms with Gasteiger partial charge < -0.3 is 9.84 Å². The molecule has 5 nitrogen and oxygen atoms in total. The quantitative estimate of drug-likeness (QED) is 0.924. The van der Waals surface area contributed by atoms with Gasteiger partial charge in [0.15, 0.2) is 5.82 Å². The zero-order valence-corrected chi connectivity index (χ0v) is 11.5. The molecule has 0 fully saturated rings. The highest BCUT2D eigenvalue weighted by molar-refractivity contribution is 9.11. The first kappa shape index (κ1) is 11.5. The van der Waals surface area contributed by atoms with Crippen LogP contribution < -0.4 is 5.32 Å². The maximum Gasteiger partial charge on any atom is 0.223 e. The summed E-state index contributed by atoms with van der Waals surface area (Å²) in [6.07, 6.45) is 1.72. The SMILES string of the molecule is Cc1nc(CNc2ncc(Br)cc2Br)no1. The summed E-state index contributed by atoms with van der Waals surface area (Å²) in [5.74, 6) is 1.90. The number of rotatable bonds is 3. The van der Waals surface area contributed by atoms with Gasteiger partial charge >= 0.3 is 0 Å². The van der Waals surface area contributed by atoms with Crippen LogP contribution in [0.4, 0.5) is 5.82 Å². The minimum atomic E-state index is 0.477. The van der Waals surface area contributed by atoms with Crippen molar-refractivity contribution >= 4 is 37.7 Å². The van der Waals surface area contributed by atoms with E-state index in [0.717, 1.165) is 14.8 Å². The van der Waals surface area contributed by atoms with Gasteiger partial charge in [-0.3, -0.25) is 0 Å². The molecule has 0 saturated heterocycles. The molecule has 0 aliphatic rings. The van der Waals surface area contributed by atoms with Crippen molar-refractivity contribution in [2.24, 2.45) is 0 Å². The predicted octanol–water partition coefficient (Wildman–Crippen LogP) is 2.91. The second-order valence-electron chi connectivity index (χ2n) is 3.07. The minimum absolute atomic E-state index is 0.477. The van der Waals surface area contributed by atoms with E-state index in [1.54, 1.807) is 13.1 Å². The molecule has 0 radical (unpaired) electrons. The lowest BCUT2D eigenvalue weighted by Crippen LogP contribution is -2.03. The topological polar surface area (TPSA) is 63.8 Å². The summed E-state index contributed by atoms with van der Waals surface area (Å²) in [6.45, 7) is 2.23. The molecule has 1 N–H and O–H groups in total. The maximum atomic E-state index is 4.86. The second-order valence-corrected chi connectivity index (χ2v) is 4.84. The maximum absolute atomic E-state index is 4.86. The van der Waals surface area contributed by atoms with Crippen LogP contribution in [0.2, 0.25) is 0 Å². The Hall–Kier alpha value is -0.950. The number of anilines is 1. The Bertz CT molecular complexity index is 500. The van der Waals surface area contributed by atoms with Gasteiger partial charge in [-0.1, -0.05) is 5.16 Å². The molecule has 0 saturated carbocycles. The lowest BCUT2D eigenvalue weighted by Gasteiger charge is -2.04. The van der Waals surface area contributed by atoms with Gasteiger partial charge in [0.1, 0.15) is 5.82 Å². The van der Waals surface area contributed by atoms with Gasteiger partial charge in [-0.15, -0.1) is 0 Å². The highest BCUT2D eigenvalue weighted by Gasteiger charge is 2.05. The van der Waals surface area contributed by atoms with Gasteiger partial charge in [0.2, 0.25) is 5.89 Å². The molecular formula is C9H8Br2N4O. The van der Waals surface area contributed by atoms with E-state index in [1.807, 2.05) is 6.07 Å². The molecular weight excluding hydrogens is 340 g/mol. The van der Waals surface area contributed by atoms with Gasteiger partial charge in [-0.2, -0.15) is 4.98 Å². The third kappa shape index (κ3) is 2.79. The standard InChI is InChI=1S/C9H8Br2N4O/c1-5-14-8(15-16-5)4-13-9-7(11)2-6(10)3-12-9/h2-3H,4H2,1H3,(H,12,13). The average molecular weight is 348 g/mol. The molecule has 84 valence electrons. The molecule has 0 unspecified atom stereocenters. The molecule has 7 heteroatoms. The van der Waals surface area contributed by atoms with Crippen molar-refractivity contribution in [3.63, 3.8) is 0 Å². The Labute approximate surface area is 109 Å². The van der Waals surface area contributed by atoms with Crippen LogP contribution in [0.15, 0.2) is 25.7 Å². The summed E-state index contributed by atoms with van der Waals surface area (Å²) in [6, 6.07) is 1.91. The highest BCUT2D eigenvalue weighted by atomic mass is 79.9. The van der Waals surface area contributed by atoms with Gasteiger partial charge in [-0.05, 0) is 37.9 Å². The van der Waals surface area contributed by atoms with Crippen LogP contribution in [-0.4, -0.2) is 15.1 Å². The molecule has 0 spiro atoms. The number of halogens is 2. The van der Waals surface area contributed by atoms with E-state index in [-0.39, 0.29) is 0 Å². The first-order valence-corrected chi connectivity index (χ1v) is 6.08. The summed E-state index contributed by atoms with van der Waals surface area (Å²) in [4.78, 5) is 8.29. The average Bonchev–Trinajstić information content (AvgIpc) is 2.63. The van der Waals surface area contributed by atoms with E-state index in [0.29, 0.717) is 18.3 Å². The minimum Gasteiger partial charge on any atom is -0.362 e. The Morgan fingerprint density at radius 3 is 2.88 bits per heavy atom. The summed E-state index contributed by atoms with van der Waals surface area (Å²) >= 11 is 6.74. The van der Waals surface area contributed by atoms with Crippen molar-refractivity contribution in [2.45, 2.75) is 13.5 Å². The first-order chi connectivity index (χ1) is 7.65. The van der Waals surface area contributed by atoms with Gasteiger partial charge in [0.25, 0.3) is 0 Å². The number of hydrogen-bond donors (Lipinski definition) is 1. The molecule has 0 aromatic carbocycles. The normalized spacial score (nSPS) is 10.4. The predicted molar refractivity (Wildman–Crippen MR) is 66.0 cm³/mol. The second kappa shape index (κ2) is 4.92. The number of nitrogens with zero attached hydrogens (tertiary/aromatic N) is 3. The van der Waals surface area contributed by atoms with Crippen molar-refractivity contribution < 1.29 is 4.52 Å². The molecule has 2 aromatic heterocycles.